The first kappa shape index (κ1) is 17.5. The molecule has 0 nitrogen and oxygen atoms in total. The van der Waals surface area contributed by atoms with E-state index >= 15 is 0 Å². The average Bonchev–Trinajstić information content (AvgIpc) is 2.47. The van der Waals surface area contributed by atoms with Crippen molar-refractivity contribution in [1.29, 1.82) is 0 Å². The number of rotatable bonds is 10. The summed E-state index contributed by atoms with van der Waals surface area (Å²) in [5.41, 5.74) is 1.75. The zero-order valence-electron chi connectivity index (χ0n) is 14.3. The molecule has 20 heavy (non-hydrogen) atoms. The summed E-state index contributed by atoms with van der Waals surface area (Å²) in [6.07, 6.45) is 19.5. The Kier molecular flexibility index (Phi) is 8.98. The van der Waals surface area contributed by atoms with Crippen molar-refractivity contribution < 1.29 is 0 Å². The van der Waals surface area contributed by atoms with Gasteiger partial charge < -0.3 is 0 Å². The van der Waals surface area contributed by atoms with Crippen LogP contribution in [-0.4, -0.2) is 0 Å². The van der Waals surface area contributed by atoms with E-state index in [0.29, 0.717) is 0 Å². The van der Waals surface area contributed by atoms with E-state index in [1.807, 2.05) is 0 Å². The Hall–Kier alpha value is -0.520. The predicted octanol–water partition coefficient (Wildman–Crippen LogP) is 6.92. The molecule has 0 aromatic rings. The molecule has 0 aromatic carbocycles. The van der Waals surface area contributed by atoms with E-state index in [0.717, 1.165) is 17.8 Å². The van der Waals surface area contributed by atoms with E-state index in [9.17, 15) is 0 Å². The van der Waals surface area contributed by atoms with Crippen LogP contribution in [0.25, 0.3) is 0 Å². The molecular weight excluding hydrogens is 240 g/mol. The minimum atomic E-state index is 0.811. The van der Waals surface area contributed by atoms with Gasteiger partial charge in [0.1, 0.15) is 0 Å². The van der Waals surface area contributed by atoms with Crippen LogP contribution >= 0.6 is 0 Å². The highest BCUT2D eigenvalue weighted by atomic mass is 14.3. The number of allylic oxidation sites excluding steroid dienone is 4. The van der Waals surface area contributed by atoms with E-state index in [1.165, 1.54) is 57.8 Å². The molecule has 0 fully saturated rings. The van der Waals surface area contributed by atoms with Crippen molar-refractivity contribution in [3.8, 4) is 0 Å². The molecule has 0 N–H and O–H groups in total. The molecule has 1 aliphatic rings. The second kappa shape index (κ2) is 10.2. The highest BCUT2D eigenvalue weighted by Gasteiger charge is 2.23. The van der Waals surface area contributed by atoms with Gasteiger partial charge in [0.15, 0.2) is 0 Å². The molecule has 1 atom stereocenters. The average molecular weight is 277 g/mol. The van der Waals surface area contributed by atoms with E-state index in [-0.39, 0.29) is 0 Å². The first-order chi connectivity index (χ1) is 9.76. The molecule has 1 aliphatic carbocycles. The SMILES string of the molecule is CCCC(CCC)C1=CC=CC(C(CCC)CCC)C1. The summed E-state index contributed by atoms with van der Waals surface area (Å²) in [6, 6.07) is 0. The Morgan fingerprint density at radius 1 is 0.900 bits per heavy atom. The van der Waals surface area contributed by atoms with Crippen LogP contribution < -0.4 is 0 Å². The van der Waals surface area contributed by atoms with Crippen molar-refractivity contribution >= 4 is 0 Å². The number of hydrogen-bond acceptors (Lipinski definition) is 0. The molecule has 0 amide bonds. The lowest BCUT2D eigenvalue weighted by atomic mass is 9.75. The van der Waals surface area contributed by atoms with Crippen molar-refractivity contribution in [2.75, 3.05) is 0 Å². The van der Waals surface area contributed by atoms with Crippen LogP contribution in [0.3, 0.4) is 0 Å². The third kappa shape index (κ3) is 5.46. The van der Waals surface area contributed by atoms with E-state index < -0.39 is 0 Å². The van der Waals surface area contributed by atoms with Crippen LogP contribution in [0.1, 0.15) is 85.5 Å². The first-order valence-corrected chi connectivity index (χ1v) is 9.13. The topological polar surface area (TPSA) is 0 Å². The molecule has 0 aliphatic heterocycles. The first-order valence-electron chi connectivity index (χ1n) is 9.13. The fourth-order valence-corrected chi connectivity index (χ4v) is 3.88. The van der Waals surface area contributed by atoms with Gasteiger partial charge >= 0.3 is 0 Å². The Morgan fingerprint density at radius 3 is 1.95 bits per heavy atom. The van der Waals surface area contributed by atoms with Crippen LogP contribution in [0.4, 0.5) is 0 Å². The summed E-state index contributed by atoms with van der Waals surface area (Å²) in [5, 5.41) is 0. The van der Waals surface area contributed by atoms with Gasteiger partial charge in [-0.2, -0.15) is 0 Å². The Morgan fingerprint density at radius 2 is 1.45 bits per heavy atom. The summed E-state index contributed by atoms with van der Waals surface area (Å²) in [7, 11) is 0. The molecule has 0 spiro atoms. The van der Waals surface area contributed by atoms with Crippen LogP contribution in [-0.2, 0) is 0 Å². The van der Waals surface area contributed by atoms with Crippen LogP contribution in [0.5, 0.6) is 0 Å². The Labute approximate surface area is 127 Å². The minimum absolute atomic E-state index is 0.811. The van der Waals surface area contributed by atoms with Crippen molar-refractivity contribution in [3.63, 3.8) is 0 Å². The van der Waals surface area contributed by atoms with Gasteiger partial charge in [-0.05, 0) is 37.0 Å². The highest BCUT2D eigenvalue weighted by molar-refractivity contribution is 5.22. The second-order valence-corrected chi connectivity index (χ2v) is 6.61. The van der Waals surface area contributed by atoms with Crippen molar-refractivity contribution in [3.05, 3.63) is 23.8 Å². The normalized spacial score (nSPS) is 18.9. The molecular formula is C20H36. The Bertz CT molecular complexity index is 285. The van der Waals surface area contributed by atoms with Crippen molar-refractivity contribution in [2.45, 2.75) is 85.5 Å². The molecule has 0 radical (unpaired) electrons. The monoisotopic (exact) mass is 276 g/mol. The zero-order valence-corrected chi connectivity index (χ0v) is 14.3. The number of hydrogen-bond donors (Lipinski definition) is 0. The fourth-order valence-electron chi connectivity index (χ4n) is 3.88. The maximum absolute atomic E-state index is 2.49. The van der Waals surface area contributed by atoms with Gasteiger partial charge in [0.2, 0.25) is 0 Å². The lowest BCUT2D eigenvalue weighted by Gasteiger charge is -2.30. The van der Waals surface area contributed by atoms with Gasteiger partial charge in [-0.1, -0.05) is 90.0 Å². The summed E-state index contributed by atoms with van der Waals surface area (Å²) < 4.78 is 0. The van der Waals surface area contributed by atoms with Gasteiger partial charge in [0, 0.05) is 0 Å². The van der Waals surface area contributed by atoms with Crippen molar-refractivity contribution in [2.24, 2.45) is 17.8 Å². The lowest BCUT2D eigenvalue weighted by molar-refractivity contribution is 0.323. The van der Waals surface area contributed by atoms with Gasteiger partial charge in [0.25, 0.3) is 0 Å². The standard InChI is InChI=1S/C20H36/c1-5-10-17(11-6-2)19-14-9-15-20(16-19)18(12-7-3)13-8-4/h9,14-15,17-19H,5-8,10-13,16H2,1-4H3. The van der Waals surface area contributed by atoms with Gasteiger partial charge in [-0.25, -0.2) is 0 Å². The van der Waals surface area contributed by atoms with E-state index in [4.69, 9.17) is 0 Å². The zero-order chi connectivity index (χ0) is 14.8. The van der Waals surface area contributed by atoms with Crippen LogP contribution in [0.2, 0.25) is 0 Å². The van der Waals surface area contributed by atoms with Gasteiger partial charge in [-0.15, -0.1) is 0 Å². The molecule has 0 saturated heterocycles. The van der Waals surface area contributed by atoms with E-state index in [2.05, 4.69) is 45.9 Å². The lowest BCUT2D eigenvalue weighted by Crippen LogP contribution is -2.18. The maximum atomic E-state index is 2.49. The van der Waals surface area contributed by atoms with Crippen molar-refractivity contribution in [1.82, 2.24) is 0 Å². The highest BCUT2D eigenvalue weighted by Crippen LogP contribution is 2.36. The van der Waals surface area contributed by atoms with Crippen LogP contribution in [0.15, 0.2) is 23.8 Å². The summed E-state index contributed by atoms with van der Waals surface area (Å²) >= 11 is 0. The molecule has 0 saturated carbocycles. The largest absolute Gasteiger partial charge is 0.0808 e. The van der Waals surface area contributed by atoms with E-state index in [1.54, 1.807) is 5.57 Å². The summed E-state index contributed by atoms with van der Waals surface area (Å²) in [5.74, 6) is 2.57. The molecule has 1 unspecified atom stereocenters. The summed E-state index contributed by atoms with van der Waals surface area (Å²) in [4.78, 5) is 0. The van der Waals surface area contributed by atoms with Gasteiger partial charge in [0.05, 0.1) is 0 Å². The molecule has 0 aromatic heterocycles. The Balaban J connectivity index is 2.67. The fraction of sp³-hybridized carbons (Fsp3) is 0.800. The third-order valence-corrected chi connectivity index (χ3v) is 4.86. The smallest absolute Gasteiger partial charge is 0.0165 e. The second-order valence-electron chi connectivity index (χ2n) is 6.61. The maximum Gasteiger partial charge on any atom is -0.0165 e. The molecule has 0 heterocycles. The molecule has 0 heteroatoms. The summed E-state index contributed by atoms with van der Waals surface area (Å²) in [6.45, 7) is 9.33. The van der Waals surface area contributed by atoms with Gasteiger partial charge in [-0.3, -0.25) is 0 Å². The minimum Gasteiger partial charge on any atom is -0.0808 e. The predicted molar refractivity (Wildman–Crippen MR) is 91.9 cm³/mol. The molecule has 0 bridgehead atoms. The molecule has 1 rings (SSSR count). The van der Waals surface area contributed by atoms with Crippen LogP contribution in [0, 0.1) is 17.8 Å². The molecule has 116 valence electrons. The quantitative estimate of drug-likeness (QED) is 0.406. The third-order valence-electron chi connectivity index (χ3n) is 4.86.